The maximum absolute atomic E-state index is 13.8. The van der Waals surface area contributed by atoms with Gasteiger partial charge in [0.05, 0.1) is 16.1 Å². The fourth-order valence-corrected chi connectivity index (χ4v) is 5.84. The van der Waals surface area contributed by atoms with Crippen LogP contribution in [-0.4, -0.2) is 44.3 Å². The summed E-state index contributed by atoms with van der Waals surface area (Å²) in [7, 11) is -3.47. The number of rotatable bonds is 8. The number of anilines is 2. The van der Waals surface area contributed by atoms with Gasteiger partial charge in [0.1, 0.15) is 5.82 Å². The Morgan fingerprint density at radius 1 is 0.921 bits per heavy atom. The summed E-state index contributed by atoms with van der Waals surface area (Å²) >= 11 is 4.26. The number of hydrogen-bond donors (Lipinski definition) is 3. The third-order valence-electron chi connectivity index (χ3n) is 6.25. The van der Waals surface area contributed by atoms with E-state index in [9.17, 15) is 22.4 Å². The van der Waals surface area contributed by atoms with Crippen molar-refractivity contribution in [2.45, 2.75) is 30.6 Å². The Bertz CT molecular complexity index is 1380. The molecule has 11 heteroatoms. The number of piperidine rings is 1. The highest BCUT2D eigenvalue weighted by Gasteiger charge is 2.25. The molecule has 4 rings (SSSR count). The molecule has 0 spiro atoms. The molecule has 0 radical (unpaired) electrons. The predicted octanol–water partition coefficient (Wildman–Crippen LogP) is 4.86. The van der Waals surface area contributed by atoms with E-state index in [0.29, 0.717) is 37.4 Å². The van der Waals surface area contributed by atoms with Crippen molar-refractivity contribution in [3.05, 3.63) is 89.7 Å². The summed E-state index contributed by atoms with van der Waals surface area (Å²) in [6.45, 7) is 1.44. The number of carbonyl (C=O) groups is 2. The molecule has 0 atom stereocenters. The number of benzene rings is 3. The van der Waals surface area contributed by atoms with Crippen molar-refractivity contribution < 1.29 is 22.4 Å². The first-order valence-electron chi connectivity index (χ1n) is 12.3. The van der Waals surface area contributed by atoms with Crippen LogP contribution in [0.5, 0.6) is 0 Å². The third-order valence-corrected chi connectivity index (χ3v) is 8.57. The quantitative estimate of drug-likeness (QED) is 0.345. The van der Waals surface area contributed by atoms with Crippen LogP contribution >= 0.6 is 12.8 Å². The summed E-state index contributed by atoms with van der Waals surface area (Å²) in [5.41, 5.74) is 1.74. The number of hydrogen-bond acceptors (Lipinski definition) is 5. The lowest BCUT2D eigenvalue weighted by atomic mass is 10.1. The minimum absolute atomic E-state index is 0.0648. The van der Waals surface area contributed by atoms with Gasteiger partial charge in [-0.15, -0.1) is 0 Å². The molecule has 3 aromatic rings. The zero-order valence-corrected chi connectivity index (χ0v) is 22.3. The monoisotopic (exact) mass is 556 g/mol. The summed E-state index contributed by atoms with van der Waals surface area (Å²) in [5.74, 6) is -1.19. The Morgan fingerprint density at radius 3 is 2.24 bits per heavy atom. The van der Waals surface area contributed by atoms with Crippen molar-refractivity contribution in [2.75, 3.05) is 29.3 Å². The normalized spacial score (nSPS) is 14.1. The molecular weight excluding hydrogens is 527 g/mol. The van der Waals surface area contributed by atoms with E-state index in [-0.39, 0.29) is 10.5 Å². The highest BCUT2D eigenvalue weighted by molar-refractivity contribution is 7.89. The molecule has 0 bridgehead atoms. The minimum atomic E-state index is -3.47. The van der Waals surface area contributed by atoms with Crippen molar-refractivity contribution in [2.24, 2.45) is 0 Å². The lowest BCUT2D eigenvalue weighted by Gasteiger charge is -2.25. The molecule has 1 aliphatic heterocycles. The first-order chi connectivity index (χ1) is 18.3. The second kappa shape index (κ2) is 12.4. The SMILES string of the molecule is O=C(Nc1ccc(N(S)C(=O)NCCc2ccc(S(=O)(=O)N3CCCCC3)cc2)cc1)c1ccccc1F. The summed E-state index contributed by atoms with van der Waals surface area (Å²) in [6.07, 6.45) is 3.34. The van der Waals surface area contributed by atoms with Crippen LogP contribution in [0.2, 0.25) is 0 Å². The molecule has 38 heavy (non-hydrogen) atoms. The van der Waals surface area contributed by atoms with Gasteiger partial charge in [-0.3, -0.25) is 4.79 Å². The molecule has 0 aromatic heterocycles. The molecule has 1 aliphatic rings. The van der Waals surface area contributed by atoms with Crippen LogP contribution < -0.4 is 14.9 Å². The molecule has 0 aliphatic carbocycles. The van der Waals surface area contributed by atoms with Gasteiger partial charge in [0.25, 0.3) is 5.91 Å². The Morgan fingerprint density at radius 2 is 1.58 bits per heavy atom. The van der Waals surface area contributed by atoms with Crippen molar-refractivity contribution in [1.29, 1.82) is 0 Å². The number of nitrogens with zero attached hydrogens (tertiary/aromatic N) is 2. The molecule has 0 unspecified atom stereocenters. The number of nitrogens with one attached hydrogen (secondary N) is 2. The van der Waals surface area contributed by atoms with E-state index in [1.807, 2.05) is 0 Å². The molecule has 2 N–H and O–H groups in total. The molecule has 8 nitrogen and oxygen atoms in total. The van der Waals surface area contributed by atoms with Gasteiger partial charge in [0.2, 0.25) is 10.0 Å². The summed E-state index contributed by atoms with van der Waals surface area (Å²) in [4.78, 5) is 25.1. The van der Waals surface area contributed by atoms with Crippen LogP contribution in [0.25, 0.3) is 0 Å². The second-order valence-corrected chi connectivity index (χ2v) is 11.2. The highest BCUT2D eigenvalue weighted by Crippen LogP contribution is 2.22. The lowest BCUT2D eigenvalue weighted by molar-refractivity contribution is 0.102. The molecule has 3 aromatic carbocycles. The van der Waals surface area contributed by atoms with Gasteiger partial charge < -0.3 is 10.6 Å². The molecular formula is C27H29FN4O4S2. The Kier molecular flexibility index (Phi) is 9.03. The van der Waals surface area contributed by atoms with E-state index in [1.54, 1.807) is 54.6 Å². The maximum atomic E-state index is 13.8. The van der Waals surface area contributed by atoms with E-state index in [1.165, 1.54) is 22.5 Å². The lowest BCUT2D eigenvalue weighted by Crippen LogP contribution is -2.35. The van der Waals surface area contributed by atoms with Gasteiger partial charge >= 0.3 is 6.03 Å². The van der Waals surface area contributed by atoms with E-state index >= 15 is 0 Å². The zero-order valence-electron chi connectivity index (χ0n) is 20.6. The number of urea groups is 1. The summed E-state index contributed by atoms with van der Waals surface area (Å²) in [6, 6.07) is 18.4. The number of sulfonamides is 1. The van der Waals surface area contributed by atoms with Gasteiger partial charge in [-0.2, -0.15) is 4.31 Å². The Labute approximate surface area is 227 Å². The van der Waals surface area contributed by atoms with Crippen LogP contribution in [0.15, 0.2) is 77.7 Å². The summed E-state index contributed by atoms with van der Waals surface area (Å²) in [5, 5.41) is 5.39. The Balaban J connectivity index is 1.26. The number of amides is 3. The molecule has 1 fully saturated rings. The van der Waals surface area contributed by atoms with Crippen LogP contribution in [0.4, 0.5) is 20.6 Å². The molecule has 0 saturated carbocycles. The second-order valence-electron chi connectivity index (χ2n) is 8.88. The minimum Gasteiger partial charge on any atom is -0.337 e. The van der Waals surface area contributed by atoms with Gasteiger partial charge in [-0.1, -0.05) is 43.5 Å². The van der Waals surface area contributed by atoms with Crippen molar-refractivity contribution in [1.82, 2.24) is 9.62 Å². The number of halogens is 1. The number of thiol groups is 1. The average molecular weight is 557 g/mol. The fourth-order valence-electron chi connectivity index (χ4n) is 4.12. The van der Waals surface area contributed by atoms with E-state index in [0.717, 1.165) is 29.1 Å². The van der Waals surface area contributed by atoms with E-state index in [2.05, 4.69) is 23.4 Å². The van der Waals surface area contributed by atoms with Crippen LogP contribution in [0.3, 0.4) is 0 Å². The number of carbonyl (C=O) groups excluding carboxylic acids is 2. The average Bonchev–Trinajstić information content (AvgIpc) is 2.94. The first kappa shape index (κ1) is 27.6. The van der Waals surface area contributed by atoms with Crippen molar-refractivity contribution >= 4 is 46.2 Å². The van der Waals surface area contributed by atoms with Gasteiger partial charge in [-0.05, 0) is 73.4 Å². The van der Waals surface area contributed by atoms with Crippen molar-refractivity contribution in [3.8, 4) is 0 Å². The molecule has 3 amide bonds. The summed E-state index contributed by atoms with van der Waals surface area (Å²) < 4.78 is 42.0. The molecule has 1 saturated heterocycles. The molecule has 200 valence electrons. The zero-order chi connectivity index (χ0) is 27.1. The van der Waals surface area contributed by atoms with Gasteiger partial charge in [0, 0.05) is 25.3 Å². The van der Waals surface area contributed by atoms with Crippen LogP contribution in [0, 0.1) is 5.82 Å². The van der Waals surface area contributed by atoms with Crippen molar-refractivity contribution in [3.63, 3.8) is 0 Å². The van der Waals surface area contributed by atoms with Crippen LogP contribution in [0.1, 0.15) is 35.2 Å². The molecule has 1 heterocycles. The highest BCUT2D eigenvalue weighted by atomic mass is 32.2. The van der Waals surface area contributed by atoms with Gasteiger partial charge in [-0.25, -0.2) is 21.9 Å². The standard InChI is InChI=1S/C27H29FN4O4S2/c28-25-7-3-2-6-24(25)26(33)30-21-10-12-22(13-11-21)32(37)27(34)29-17-16-20-8-14-23(15-9-20)38(35,36)31-18-4-1-5-19-31/h2-3,6-15,37H,1,4-5,16-19H2,(H,29,34)(H,30,33). The van der Waals surface area contributed by atoms with E-state index < -0.39 is 27.8 Å². The third kappa shape index (κ3) is 6.72. The topological polar surface area (TPSA) is 98.8 Å². The fraction of sp³-hybridized carbons (Fsp3) is 0.259. The Hall–Kier alpha value is -3.41. The first-order valence-corrected chi connectivity index (χ1v) is 14.1. The van der Waals surface area contributed by atoms with Gasteiger partial charge in [0.15, 0.2) is 0 Å². The van der Waals surface area contributed by atoms with E-state index in [4.69, 9.17) is 0 Å². The smallest absolute Gasteiger partial charge is 0.331 e. The van der Waals surface area contributed by atoms with Crippen LogP contribution in [-0.2, 0) is 16.4 Å². The largest absolute Gasteiger partial charge is 0.337 e. The maximum Gasteiger partial charge on any atom is 0.331 e. The predicted molar refractivity (Wildman–Crippen MR) is 148 cm³/mol.